The van der Waals surface area contributed by atoms with Crippen molar-refractivity contribution in [2.75, 3.05) is 0 Å². The summed E-state index contributed by atoms with van der Waals surface area (Å²) in [6.07, 6.45) is 8.82. The van der Waals surface area contributed by atoms with Gasteiger partial charge < -0.3 is 10.5 Å². The molecule has 1 aliphatic carbocycles. The Labute approximate surface area is 96.8 Å². The van der Waals surface area contributed by atoms with Gasteiger partial charge in [0.2, 0.25) is 0 Å². The van der Waals surface area contributed by atoms with Crippen molar-refractivity contribution in [3.05, 3.63) is 18.0 Å². The molecule has 4 nitrogen and oxygen atoms in total. The molecule has 1 aliphatic rings. The lowest BCUT2D eigenvalue weighted by Gasteiger charge is -2.32. The zero-order chi connectivity index (χ0) is 11.5. The molecule has 2 unspecified atom stereocenters. The van der Waals surface area contributed by atoms with Crippen molar-refractivity contribution in [3.63, 3.8) is 0 Å². The van der Waals surface area contributed by atoms with E-state index in [0.29, 0.717) is 6.10 Å². The number of nitrogens with zero attached hydrogens (tertiary/aromatic N) is 2. The van der Waals surface area contributed by atoms with E-state index < -0.39 is 0 Å². The molecule has 1 saturated carbocycles. The molecule has 1 heterocycles. The van der Waals surface area contributed by atoms with E-state index in [1.54, 1.807) is 4.68 Å². The number of rotatable bonds is 5. The van der Waals surface area contributed by atoms with Gasteiger partial charge in [-0.25, -0.2) is 0 Å². The van der Waals surface area contributed by atoms with Crippen LogP contribution in [0.3, 0.4) is 0 Å². The third-order valence-electron chi connectivity index (χ3n) is 3.30. The summed E-state index contributed by atoms with van der Waals surface area (Å²) in [5.41, 5.74) is 7.22. The summed E-state index contributed by atoms with van der Waals surface area (Å²) < 4.78 is 7.86. The van der Waals surface area contributed by atoms with E-state index in [4.69, 9.17) is 10.5 Å². The third kappa shape index (κ3) is 2.44. The smallest absolute Gasteiger partial charge is 0.101 e. The predicted molar refractivity (Wildman–Crippen MR) is 62.9 cm³/mol. The molecular formula is C12H21N3O. The molecule has 2 N–H and O–H groups in total. The number of ether oxygens (including phenoxy) is 1. The van der Waals surface area contributed by atoms with Crippen LogP contribution in [0.15, 0.2) is 12.4 Å². The highest BCUT2D eigenvalue weighted by Gasteiger charge is 2.27. The molecule has 0 spiro atoms. The number of aryl methyl sites for hydroxylation is 1. The summed E-state index contributed by atoms with van der Waals surface area (Å²) >= 11 is 0. The van der Waals surface area contributed by atoms with E-state index >= 15 is 0 Å². The molecule has 0 aromatic carbocycles. The highest BCUT2D eigenvalue weighted by molar-refractivity contribution is 5.11. The summed E-state index contributed by atoms with van der Waals surface area (Å²) in [6, 6.07) is 0.0600. The van der Waals surface area contributed by atoms with Crippen LogP contribution in [0.25, 0.3) is 0 Å². The Morgan fingerprint density at radius 1 is 1.62 bits per heavy atom. The van der Waals surface area contributed by atoms with E-state index in [0.717, 1.165) is 12.0 Å². The number of nitrogens with two attached hydrogens (primary N) is 1. The third-order valence-corrected chi connectivity index (χ3v) is 3.30. The van der Waals surface area contributed by atoms with Gasteiger partial charge in [0.1, 0.15) is 6.10 Å². The Kier molecular flexibility index (Phi) is 3.61. The molecule has 0 bridgehead atoms. The molecule has 2 rings (SSSR count). The lowest BCUT2D eigenvalue weighted by molar-refractivity contribution is -0.0638. The van der Waals surface area contributed by atoms with Crippen molar-refractivity contribution < 1.29 is 4.74 Å². The lowest BCUT2D eigenvalue weighted by Crippen LogP contribution is -2.34. The van der Waals surface area contributed by atoms with Gasteiger partial charge in [-0.05, 0) is 25.7 Å². The van der Waals surface area contributed by atoms with Crippen LogP contribution >= 0.6 is 0 Å². The van der Waals surface area contributed by atoms with Crippen molar-refractivity contribution in [1.82, 2.24) is 9.78 Å². The predicted octanol–water partition coefficient (Wildman–Crippen LogP) is 1.77. The number of aromatic nitrogens is 2. The molecule has 0 saturated heterocycles. The minimum Gasteiger partial charge on any atom is -0.369 e. The van der Waals surface area contributed by atoms with Gasteiger partial charge in [-0.15, -0.1) is 0 Å². The summed E-state index contributed by atoms with van der Waals surface area (Å²) in [5, 5.41) is 4.19. The van der Waals surface area contributed by atoms with Crippen molar-refractivity contribution in [2.45, 2.75) is 50.9 Å². The highest BCUT2D eigenvalue weighted by atomic mass is 16.5. The lowest BCUT2D eigenvalue weighted by atomic mass is 9.95. The van der Waals surface area contributed by atoms with Gasteiger partial charge in [0.25, 0.3) is 0 Å². The molecule has 1 fully saturated rings. The molecule has 0 aliphatic heterocycles. The summed E-state index contributed by atoms with van der Waals surface area (Å²) in [6.45, 7) is 2.10. The summed E-state index contributed by atoms with van der Waals surface area (Å²) in [5.74, 6) is 0. The molecule has 16 heavy (non-hydrogen) atoms. The van der Waals surface area contributed by atoms with Gasteiger partial charge in [0.05, 0.1) is 12.3 Å². The minimum atomic E-state index is 0.00370. The monoisotopic (exact) mass is 223 g/mol. The Balaban J connectivity index is 2.06. The van der Waals surface area contributed by atoms with E-state index in [2.05, 4.69) is 12.0 Å². The second-order valence-corrected chi connectivity index (χ2v) is 4.63. The molecule has 0 amide bonds. The first-order chi connectivity index (χ1) is 7.70. The van der Waals surface area contributed by atoms with Crippen LogP contribution in [0.2, 0.25) is 0 Å². The van der Waals surface area contributed by atoms with Gasteiger partial charge in [0.15, 0.2) is 0 Å². The molecule has 4 heteroatoms. The second kappa shape index (κ2) is 4.97. The van der Waals surface area contributed by atoms with Crippen LogP contribution in [0.5, 0.6) is 0 Å². The van der Waals surface area contributed by atoms with Crippen LogP contribution in [-0.4, -0.2) is 21.9 Å². The van der Waals surface area contributed by atoms with E-state index in [1.165, 1.54) is 19.3 Å². The minimum absolute atomic E-state index is 0.00370. The molecule has 1 aromatic heterocycles. The van der Waals surface area contributed by atoms with E-state index in [-0.39, 0.29) is 12.1 Å². The Hall–Kier alpha value is -0.870. The average Bonchev–Trinajstić information content (AvgIpc) is 2.62. The number of hydrogen-bond donors (Lipinski definition) is 1. The summed E-state index contributed by atoms with van der Waals surface area (Å²) in [7, 11) is 1.92. The Bertz CT molecular complexity index is 333. The van der Waals surface area contributed by atoms with Gasteiger partial charge in [-0.3, -0.25) is 4.68 Å². The fraction of sp³-hybridized carbons (Fsp3) is 0.750. The first kappa shape index (κ1) is 11.6. The van der Waals surface area contributed by atoms with Gasteiger partial charge in [0, 0.05) is 24.8 Å². The maximum absolute atomic E-state index is 6.12. The van der Waals surface area contributed by atoms with E-state index in [9.17, 15) is 0 Å². The van der Waals surface area contributed by atoms with Crippen LogP contribution in [0.4, 0.5) is 0 Å². The first-order valence-electron chi connectivity index (χ1n) is 6.10. The van der Waals surface area contributed by atoms with Crippen LogP contribution in [0, 0.1) is 0 Å². The standard InChI is InChI=1S/C12H21N3O/c1-3-11(13)12(16-10-5-4-6-10)9-7-14-15(2)8-9/h7-8,10-12H,3-6,13H2,1-2H3. The zero-order valence-electron chi connectivity index (χ0n) is 10.1. The van der Waals surface area contributed by atoms with Crippen LogP contribution < -0.4 is 5.73 Å². The largest absolute Gasteiger partial charge is 0.369 e. The van der Waals surface area contributed by atoms with Gasteiger partial charge in [-0.1, -0.05) is 6.92 Å². The van der Waals surface area contributed by atoms with Crippen molar-refractivity contribution in [3.8, 4) is 0 Å². The maximum Gasteiger partial charge on any atom is 0.101 e. The number of hydrogen-bond acceptors (Lipinski definition) is 3. The van der Waals surface area contributed by atoms with Crippen LogP contribution in [0.1, 0.15) is 44.3 Å². The SMILES string of the molecule is CCC(N)C(OC1CCC1)c1cnn(C)c1. The van der Waals surface area contributed by atoms with Crippen molar-refractivity contribution in [2.24, 2.45) is 12.8 Å². The molecule has 2 atom stereocenters. The summed E-state index contributed by atoms with van der Waals surface area (Å²) in [4.78, 5) is 0. The molecule has 1 aromatic rings. The molecule has 90 valence electrons. The fourth-order valence-electron chi connectivity index (χ4n) is 1.94. The van der Waals surface area contributed by atoms with E-state index in [1.807, 2.05) is 19.4 Å². The Morgan fingerprint density at radius 2 is 2.38 bits per heavy atom. The fourth-order valence-corrected chi connectivity index (χ4v) is 1.94. The normalized spacial score (nSPS) is 20.4. The first-order valence-corrected chi connectivity index (χ1v) is 6.10. The van der Waals surface area contributed by atoms with Crippen molar-refractivity contribution in [1.29, 1.82) is 0 Å². The van der Waals surface area contributed by atoms with Gasteiger partial charge >= 0.3 is 0 Å². The van der Waals surface area contributed by atoms with Gasteiger partial charge in [-0.2, -0.15) is 5.10 Å². The topological polar surface area (TPSA) is 53.1 Å². The maximum atomic E-state index is 6.12. The molecule has 0 radical (unpaired) electrons. The molecular weight excluding hydrogens is 202 g/mol. The zero-order valence-corrected chi connectivity index (χ0v) is 10.1. The highest BCUT2D eigenvalue weighted by Crippen LogP contribution is 2.30. The second-order valence-electron chi connectivity index (χ2n) is 4.63. The quantitative estimate of drug-likeness (QED) is 0.827. The Morgan fingerprint density at radius 3 is 2.81 bits per heavy atom. The van der Waals surface area contributed by atoms with Crippen LogP contribution in [-0.2, 0) is 11.8 Å². The average molecular weight is 223 g/mol. The van der Waals surface area contributed by atoms with Crippen molar-refractivity contribution >= 4 is 0 Å².